The molecule has 1 N–H and O–H groups in total. The van der Waals surface area contributed by atoms with Gasteiger partial charge in [-0.3, -0.25) is 4.79 Å². The SMILES string of the molecule is COc1ccc(C(=O)NCCCN2CCC(C3CCN(C)CC3)CC2)cc1. The normalized spacial score (nSPS) is 20.5. The number of hydrogen-bond acceptors (Lipinski definition) is 4. The van der Waals surface area contributed by atoms with Crippen LogP contribution in [0.4, 0.5) is 0 Å². The zero-order valence-corrected chi connectivity index (χ0v) is 17.0. The minimum atomic E-state index is -0.00127. The Bertz CT molecular complexity index is 574. The number of likely N-dealkylation sites (tertiary alicyclic amines) is 2. The quantitative estimate of drug-likeness (QED) is 0.747. The lowest BCUT2D eigenvalue weighted by molar-refractivity contribution is 0.0941. The fourth-order valence-corrected chi connectivity index (χ4v) is 4.50. The summed E-state index contributed by atoms with van der Waals surface area (Å²) in [7, 11) is 3.87. The Labute approximate surface area is 164 Å². The minimum absolute atomic E-state index is 0.00127. The Morgan fingerprint density at radius 1 is 1.04 bits per heavy atom. The van der Waals surface area contributed by atoms with Crippen LogP contribution < -0.4 is 10.1 Å². The molecular formula is C22H35N3O2. The number of ether oxygens (including phenoxy) is 1. The molecule has 5 heteroatoms. The van der Waals surface area contributed by atoms with Gasteiger partial charge < -0.3 is 19.9 Å². The summed E-state index contributed by atoms with van der Waals surface area (Å²) in [5, 5.41) is 3.03. The molecule has 0 bridgehead atoms. The lowest BCUT2D eigenvalue weighted by atomic mass is 9.79. The first kappa shape index (κ1) is 20.2. The van der Waals surface area contributed by atoms with Crippen LogP contribution in [0.15, 0.2) is 24.3 Å². The van der Waals surface area contributed by atoms with E-state index < -0.39 is 0 Å². The second-order valence-corrected chi connectivity index (χ2v) is 8.16. The zero-order chi connectivity index (χ0) is 19.1. The van der Waals surface area contributed by atoms with Crippen molar-refractivity contribution in [1.29, 1.82) is 0 Å². The van der Waals surface area contributed by atoms with Crippen molar-refractivity contribution in [2.45, 2.75) is 32.1 Å². The van der Waals surface area contributed by atoms with Crippen LogP contribution in [0.5, 0.6) is 5.75 Å². The van der Waals surface area contributed by atoms with E-state index in [1.54, 1.807) is 7.11 Å². The summed E-state index contributed by atoms with van der Waals surface area (Å²) < 4.78 is 5.13. The van der Waals surface area contributed by atoms with Gasteiger partial charge in [-0.05, 0) is 108 Å². The summed E-state index contributed by atoms with van der Waals surface area (Å²) in [5.74, 6) is 2.66. The topological polar surface area (TPSA) is 44.8 Å². The fourth-order valence-electron chi connectivity index (χ4n) is 4.50. The van der Waals surface area contributed by atoms with E-state index in [2.05, 4.69) is 22.2 Å². The first-order valence-corrected chi connectivity index (χ1v) is 10.5. The van der Waals surface area contributed by atoms with E-state index in [0.29, 0.717) is 5.56 Å². The van der Waals surface area contributed by atoms with Gasteiger partial charge >= 0.3 is 0 Å². The molecule has 2 saturated heterocycles. The zero-order valence-electron chi connectivity index (χ0n) is 17.0. The van der Waals surface area contributed by atoms with E-state index in [0.717, 1.165) is 37.1 Å². The third kappa shape index (κ3) is 5.94. The molecule has 150 valence electrons. The summed E-state index contributed by atoms with van der Waals surface area (Å²) in [4.78, 5) is 17.2. The van der Waals surface area contributed by atoms with E-state index in [1.807, 2.05) is 24.3 Å². The molecule has 1 aromatic carbocycles. The van der Waals surface area contributed by atoms with Gasteiger partial charge in [0, 0.05) is 12.1 Å². The van der Waals surface area contributed by atoms with Crippen LogP contribution in [0.1, 0.15) is 42.5 Å². The molecule has 0 spiro atoms. The summed E-state index contributed by atoms with van der Waals surface area (Å²) in [6, 6.07) is 7.26. The predicted octanol–water partition coefficient (Wildman–Crippen LogP) is 2.87. The molecule has 0 aromatic heterocycles. The van der Waals surface area contributed by atoms with Crippen molar-refractivity contribution in [2.75, 3.05) is 53.4 Å². The number of benzene rings is 1. The molecule has 2 aliphatic heterocycles. The Morgan fingerprint density at radius 2 is 1.63 bits per heavy atom. The number of carbonyl (C=O) groups is 1. The van der Waals surface area contributed by atoms with Gasteiger partial charge in [0.2, 0.25) is 0 Å². The molecule has 0 aliphatic carbocycles. The van der Waals surface area contributed by atoms with Crippen LogP contribution in [0, 0.1) is 11.8 Å². The number of nitrogens with zero attached hydrogens (tertiary/aromatic N) is 2. The highest BCUT2D eigenvalue weighted by Crippen LogP contribution is 2.32. The Morgan fingerprint density at radius 3 is 2.22 bits per heavy atom. The maximum Gasteiger partial charge on any atom is 0.251 e. The summed E-state index contributed by atoms with van der Waals surface area (Å²) in [5.41, 5.74) is 0.690. The van der Waals surface area contributed by atoms with Gasteiger partial charge in [0.05, 0.1) is 7.11 Å². The van der Waals surface area contributed by atoms with Crippen molar-refractivity contribution >= 4 is 5.91 Å². The standard InChI is InChI=1S/C22H35N3O2/c1-24-14-8-18(9-15-24)19-10-16-25(17-11-19)13-3-12-23-22(26)20-4-6-21(27-2)7-5-20/h4-7,18-19H,3,8-17H2,1-2H3,(H,23,26). The van der Waals surface area contributed by atoms with Gasteiger partial charge in [0.15, 0.2) is 0 Å². The fraction of sp³-hybridized carbons (Fsp3) is 0.682. The summed E-state index contributed by atoms with van der Waals surface area (Å²) in [6.07, 6.45) is 6.50. The van der Waals surface area contributed by atoms with Crippen LogP contribution in [0.2, 0.25) is 0 Å². The smallest absolute Gasteiger partial charge is 0.251 e. The molecule has 5 nitrogen and oxygen atoms in total. The van der Waals surface area contributed by atoms with Gasteiger partial charge in [-0.2, -0.15) is 0 Å². The number of hydrogen-bond donors (Lipinski definition) is 1. The molecule has 3 rings (SSSR count). The van der Waals surface area contributed by atoms with Crippen molar-refractivity contribution in [2.24, 2.45) is 11.8 Å². The van der Waals surface area contributed by atoms with Crippen molar-refractivity contribution in [3.63, 3.8) is 0 Å². The molecule has 0 atom stereocenters. The van der Waals surface area contributed by atoms with Crippen LogP contribution in [-0.2, 0) is 0 Å². The van der Waals surface area contributed by atoms with E-state index >= 15 is 0 Å². The lowest BCUT2D eigenvalue weighted by Gasteiger charge is -2.39. The predicted molar refractivity (Wildman–Crippen MR) is 109 cm³/mol. The number of nitrogens with one attached hydrogen (secondary N) is 1. The molecule has 2 fully saturated rings. The summed E-state index contributed by atoms with van der Waals surface area (Å²) >= 11 is 0. The van der Waals surface area contributed by atoms with Crippen LogP contribution in [0.3, 0.4) is 0 Å². The number of carbonyl (C=O) groups excluding carboxylic acids is 1. The molecule has 1 aromatic rings. The van der Waals surface area contributed by atoms with Crippen LogP contribution in [0.25, 0.3) is 0 Å². The van der Waals surface area contributed by atoms with Crippen molar-refractivity contribution in [1.82, 2.24) is 15.1 Å². The largest absolute Gasteiger partial charge is 0.497 e. The maximum atomic E-state index is 12.2. The van der Waals surface area contributed by atoms with Gasteiger partial charge in [0.1, 0.15) is 5.75 Å². The summed E-state index contributed by atoms with van der Waals surface area (Å²) in [6.45, 7) is 6.83. The van der Waals surface area contributed by atoms with Crippen LogP contribution >= 0.6 is 0 Å². The minimum Gasteiger partial charge on any atom is -0.497 e. The number of methoxy groups -OCH3 is 1. The third-order valence-electron chi connectivity index (χ3n) is 6.35. The average molecular weight is 374 g/mol. The highest BCUT2D eigenvalue weighted by atomic mass is 16.5. The van der Waals surface area contributed by atoms with Crippen molar-refractivity contribution in [3.05, 3.63) is 29.8 Å². The van der Waals surface area contributed by atoms with Gasteiger partial charge in [-0.15, -0.1) is 0 Å². The average Bonchev–Trinajstić information content (AvgIpc) is 2.72. The molecule has 0 saturated carbocycles. The Hall–Kier alpha value is -1.59. The van der Waals surface area contributed by atoms with Gasteiger partial charge in [-0.25, -0.2) is 0 Å². The van der Waals surface area contributed by atoms with Crippen LogP contribution in [-0.4, -0.2) is 69.1 Å². The molecule has 0 radical (unpaired) electrons. The molecule has 27 heavy (non-hydrogen) atoms. The highest BCUT2D eigenvalue weighted by Gasteiger charge is 2.28. The number of rotatable bonds is 7. The lowest BCUT2D eigenvalue weighted by Crippen LogP contribution is -2.40. The maximum absolute atomic E-state index is 12.2. The molecule has 1 amide bonds. The highest BCUT2D eigenvalue weighted by molar-refractivity contribution is 5.94. The van der Waals surface area contributed by atoms with E-state index in [4.69, 9.17) is 4.74 Å². The number of amides is 1. The second kappa shape index (κ2) is 10.1. The van der Waals surface area contributed by atoms with E-state index in [9.17, 15) is 4.79 Å². The second-order valence-electron chi connectivity index (χ2n) is 8.16. The first-order valence-electron chi connectivity index (χ1n) is 10.5. The van der Waals surface area contributed by atoms with Crippen molar-refractivity contribution < 1.29 is 9.53 Å². The number of piperidine rings is 2. The first-order chi connectivity index (χ1) is 13.2. The Balaban J connectivity index is 1.29. The molecular weight excluding hydrogens is 338 g/mol. The Kier molecular flexibility index (Phi) is 7.53. The third-order valence-corrected chi connectivity index (χ3v) is 6.35. The molecule has 2 heterocycles. The monoisotopic (exact) mass is 373 g/mol. The van der Waals surface area contributed by atoms with E-state index in [-0.39, 0.29) is 5.91 Å². The van der Waals surface area contributed by atoms with Gasteiger partial charge in [0.25, 0.3) is 5.91 Å². The molecule has 0 unspecified atom stereocenters. The van der Waals surface area contributed by atoms with E-state index in [1.165, 1.54) is 51.9 Å². The van der Waals surface area contributed by atoms with Crippen molar-refractivity contribution in [3.8, 4) is 5.75 Å². The molecule has 2 aliphatic rings. The van der Waals surface area contributed by atoms with Gasteiger partial charge in [-0.1, -0.05) is 0 Å².